The first-order chi connectivity index (χ1) is 14.3. The summed E-state index contributed by atoms with van der Waals surface area (Å²) >= 11 is 6.15. The van der Waals surface area contributed by atoms with Gasteiger partial charge in [0, 0.05) is 18.7 Å². The second kappa shape index (κ2) is 10.4. The van der Waals surface area contributed by atoms with Crippen LogP contribution >= 0.6 is 11.6 Å². The minimum atomic E-state index is -3.67. The Hall–Kier alpha value is -2.62. The highest BCUT2D eigenvalue weighted by molar-refractivity contribution is 7.89. The van der Waals surface area contributed by atoms with Crippen molar-refractivity contribution in [3.05, 3.63) is 52.5 Å². The fraction of sp³-hybridized carbons (Fsp3) is 0.300. The van der Waals surface area contributed by atoms with Gasteiger partial charge >= 0.3 is 0 Å². The van der Waals surface area contributed by atoms with Crippen molar-refractivity contribution >= 4 is 33.7 Å². The van der Waals surface area contributed by atoms with Crippen molar-refractivity contribution in [1.82, 2.24) is 9.73 Å². The molecule has 0 aromatic heterocycles. The lowest BCUT2D eigenvalue weighted by Gasteiger charge is -2.18. The normalized spacial score (nSPS) is 11.7. The molecular weight excluding hydrogens is 430 g/mol. The van der Waals surface area contributed by atoms with Crippen LogP contribution in [-0.2, 0) is 10.0 Å². The molecule has 0 fully saturated rings. The molecule has 10 heteroatoms. The minimum Gasteiger partial charge on any atom is -0.493 e. The number of carbonyl (C=O) groups excluding carboxylic acids is 1. The standard InChI is InChI=1S/C20H24ClN3O5S/c1-5-24(6-2)30(26,27)16-9-7-8-15(12-16)20(25)23-22-13-14-10-17(21)19(29-4)18(11-14)28-3/h7-13H,5-6H2,1-4H3,(H,23,25)/b22-13-. The van der Waals surface area contributed by atoms with E-state index in [2.05, 4.69) is 10.5 Å². The average Bonchev–Trinajstić information content (AvgIpc) is 2.74. The number of benzene rings is 2. The van der Waals surface area contributed by atoms with Crippen molar-refractivity contribution in [2.75, 3.05) is 27.3 Å². The summed E-state index contributed by atoms with van der Waals surface area (Å²) < 4.78 is 37.0. The van der Waals surface area contributed by atoms with Crippen molar-refractivity contribution in [2.45, 2.75) is 18.7 Å². The largest absolute Gasteiger partial charge is 0.493 e. The molecule has 2 aromatic carbocycles. The monoisotopic (exact) mass is 453 g/mol. The molecule has 0 spiro atoms. The third-order valence-electron chi connectivity index (χ3n) is 4.28. The van der Waals surface area contributed by atoms with Gasteiger partial charge in [-0.1, -0.05) is 31.5 Å². The van der Waals surface area contributed by atoms with Crippen LogP contribution in [0.5, 0.6) is 11.5 Å². The summed E-state index contributed by atoms with van der Waals surface area (Å²) in [6, 6.07) is 9.07. The van der Waals surface area contributed by atoms with Crippen LogP contribution in [0.25, 0.3) is 0 Å². The van der Waals surface area contributed by atoms with Gasteiger partial charge in [-0.25, -0.2) is 13.8 Å². The number of rotatable bonds is 9. The maximum Gasteiger partial charge on any atom is 0.271 e. The van der Waals surface area contributed by atoms with Crippen LogP contribution in [0.1, 0.15) is 29.8 Å². The fourth-order valence-corrected chi connectivity index (χ4v) is 4.55. The summed E-state index contributed by atoms with van der Waals surface area (Å²) in [5.74, 6) is 0.271. The Labute approximate surface area is 181 Å². The first-order valence-electron chi connectivity index (χ1n) is 9.13. The van der Waals surface area contributed by atoms with E-state index < -0.39 is 15.9 Å². The Bertz CT molecular complexity index is 1040. The number of hydrogen-bond acceptors (Lipinski definition) is 6. The van der Waals surface area contributed by atoms with Gasteiger partial charge in [0.15, 0.2) is 11.5 Å². The van der Waals surface area contributed by atoms with Crippen molar-refractivity contribution in [3.8, 4) is 11.5 Å². The molecule has 0 aliphatic rings. The molecule has 0 saturated heterocycles. The summed E-state index contributed by atoms with van der Waals surface area (Å²) in [7, 11) is -0.705. The highest BCUT2D eigenvalue weighted by atomic mass is 35.5. The average molecular weight is 454 g/mol. The molecule has 0 aliphatic heterocycles. The van der Waals surface area contributed by atoms with Gasteiger partial charge in [0.1, 0.15) is 0 Å². The minimum absolute atomic E-state index is 0.0505. The Morgan fingerprint density at radius 1 is 1.17 bits per heavy atom. The van der Waals surface area contributed by atoms with E-state index in [1.54, 1.807) is 26.0 Å². The predicted molar refractivity (Wildman–Crippen MR) is 116 cm³/mol. The van der Waals surface area contributed by atoms with Crippen LogP contribution in [0, 0.1) is 0 Å². The van der Waals surface area contributed by atoms with Crippen molar-refractivity contribution in [2.24, 2.45) is 5.10 Å². The zero-order chi connectivity index (χ0) is 22.3. The van der Waals surface area contributed by atoms with Crippen LogP contribution in [0.4, 0.5) is 0 Å². The lowest BCUT2D eigenvalue weighted by molar-refractivity contribution is 0.0955. The van der Waals surface area contributed by atoms with Gasteiger partial charge < -0.3 is 9.47 Å². The lowest BCUT2D eigenvalue weighted by atomic mass is 10.2. The topological polar surface area (TPSA) is 97.3 Å². The van der Waals surface area contributed by atoms with Gasteiger partial charge in [-0.15, -0.1) is 0 Å². The summed E-state index contributed by atoms with van der Waals surface area (Å²) in [4.78, 5) is 12.5. The molecule has 0 heterocycles. The first kappa shape index (κ1) is 23.7. The van der Waals surface area contributed by atoms with E-state index in [4.69, 9.17) is 21.1 Å². The number of halogens is 1. The third-order valence-corrected chi connectivity index (χ3v) is 6.60. The molecule has 0 bridgehead atoms. The zero-order valence-corrected chi connectivity index (χ0v) is 18.7. The molecule has 0 radical (unpaired) electrons. The van der Waals surface area contributed by atoms with Gasteiger partial charge in [0.25, 0.3) is 5.91 Å². The smallest absolute Gasteiger partial charge is 0.271 e. The van der Waals surface area contributed by atoms with Crippen molar-refractivity contribution < 1.29 is 22.7 Å². The van der Waals surface area contributed by atoms with E-state index in [9.17, 15) is 13.2 Å². The highest BCUT2D eigenvalue weighted by Gasteiger charge is 2.22. The number of carbonyl (C=O) groups is 1. The molecule has 2 aromatic rings. The molecule has 162 valence electrons. The van der Waals surface area contributed by atoms with Gasteiger partial charge in [0.2, 0.25) is 10.0 Å². The zero-order valence-electron chi connectivity index (χ0n) is 17.2. The van der Waals surface area contributed by atoms with E-state index in [1.807, 2.05) is 0 Å². The summed E-state index contributed by atoms with van der Waals surface area (Å²) in [5, 5.41) is 4.24. The van der Waals surface area contributed by atoms with Crippen molar-refractivity contribution in [1.29, 1.82) is 0 Å². The Kier molecular flexibility index (Phi) is 8.22. The summed E-state index contributed by atoms with van der Waals surface area (Å²) in [6.45, 7) is 4.19. The maximum absolute atomic E-state index is 12.6. The second-order valence-electron chi connectivity index (χ2n) is 6.05. The van der Waals surface area contributed by atoms with E-state index in [1.165, 1.54) is 49.0 Å². The van der Waals surface area contributed by atoms with E-state index in [0.29, 0.717) is 35.2 Å². The maximum atomic E-state index is 12.6. The number of amides is 1. The number of ether oxygens (including phenoxy) is 2. The van der Waals surface area contributed by atoms with Crippen LogP contribution in [0.3, 0.4) is 0 Å². The van der Waals surface area contributed by atoms with Crippen molar-refractivity contribution in [3.63, 3.8) is 0 Å². The molecule has 0 saturated carbocycles. The molecule has 2 rings (SSSR count). The molecule has 0 atom stereocenters. The fourth-order valence-electron chi connectivity index (χ4n) is 2.75. The SMILES string of the molecule is CCN(CC)S(=O)(=O)c1cccc(C(=O)N/N=C\c2cc(Cl)c(OC)c(OC)c2)c1. The molecule has 8 nitrogen and oxygen atoms in total. The van der Waals surface area contributed by atoms with Gasteiger partial charge in [-0.2, -0.15) is 9.41 Å². The number of sulfonamides is 1. The van der Waals surface area contributed by atoms with E-state index in [-0.39, 0.29) is 10.5 Å². The Balaban J connectivity index is 2.19. The van der Waals surface area contributed by atoms with E-state index >= 15 is 0 Å². The summed E-state index contributed by atoms with van der Waals surface area (Å²) in [6.07, 6.45) is 1.39. The van der Waals surface area contributed by atoms with E-state index in [0.717, 1.165) is 0 Å². The summed E-state index contributed by atoms with van der Waals surface area (Å²) in [5.41, 5.74) is 3.13. The molecule has 0 aliphatic carbocycles. The third kappa shape index (κ3) is 5.29. The van der Waals surface area contributed by atoms with Crippen LogP contribution in [0.2, 0.25) is 5.02 Å². The second-order valence-corrected chi connectivity index (χ2v) is 8.40. The molecule has 1 amide bonds. The van der Waals surface area contributed by atoms with Crippen LogP contribution in [-0.4, -0.2) is 52.2 Å². The van der Waals surface area contributed by atoms with Crippen LogP contribution < -0.4 is 14.9 Å². The first-order valence-corrected chi connectivity index (χ1v) is 10.9. The molecule has 30 heavy (non-hydrogen) atoms. The number of methoxy groups -OCH3 is 2. The lowest BCUT2D eigenvalue weighted by Crippen LogP contribution is -2.30. The van der Waals surface area contributed by atoms with Gasteiger partial charge in [-0.05, 0) is 35.9 Å². The number of hydrogen-bond donors (Lipinski definition) is 1. The number of nitrogens with zero attached hydrogens (tertiary/aromatic N) is 2. The molecular formula is C20H24ClN3O5S. The van der Waals surface area contributed by atoms with Gasteiger partial charge in [0.05, 0.1) is 30.4 Å². The predicted octanol–water partition coefficient (Wildman–Crippen LogP) is 3.15. The Morgan fingerprint density at radius 2 is 1.87 bits per heavy atom. The number of hydrazone groups is 1. The Morgan fingerprint density at radius 3 is 2.47 bits per heavy atom. The quantitative estimate of drug-likeness (QED) is 0.464. The molecule has 1 N–H and O–H groups in total. The number of nitrogens with one attached hydrogen (secondary N) is 1. The van der Waals surface area contributed by atoms with Gasteiger partial charge in [-0.3, -0.25) is 4.79 Å². The molecule has 0 unspecified atom stereocenters. The highest BCUT2D eigenvalue weighted by Crippen LogP contribution is 2.35. The van der Waals surface area contributed by atoms with Crippen LogP contribution in [0.15, 0.2) is 46.4 Å².